The van der Waals surface area contributed by atoms with Gasteiger partial charge >= 0.3 is 0 Å². The van der Waals surface area contributed by atoms with Gasteiger partial charge < -0.3 is 10.1 Å². The van der Waals surface area contributed by atoms with Crippen molar-refractivity contribution in [1.82, 2.24) is 4.90 Å². The maximum Gasteiger partial charge on any atom is 0.294 e. The Bertz CT molecular complexity index is 1300. The number of thioether (sulfide) groups is 1. The molecule has 1 aliphatic rings. The summed E-state index contributed by atoms with van der Waals surface area (Å²) in [5.41, 5.74) is 4.10. The average Bonchev–Trinajstić information content (AvgIpc) is 3.05. The number of halogens is 1. The van der Waals surface area contributed by atoms with Crippen molar-refractivity contribution in [2.75, 3.05) is 11.9 Å². The molecule has 1 aliphatic heterocycles. The van der Waals surface area contributed by atoms with Crippen LogP contribution < -0.4 is 10.1 Å². The smallest absolute Gasteiger partial charge is 0.294 e. The van der Waals surface area contributed by atoms with Crippen molar-refractivity contribution in [1.29, 1.82) is 0 Å². The second kappa shape index (κ2) is 10.6. The predicted octanol–water partition coefficient (Wildman–Crippen LogP) is 5.70. The number of benzene rings is 3. The number of anilines is 1. The van der Waals surface area contributed by atoms with Crippen LogP contribution in [-0.4, -0.2) is 28.5 Å². The Morgan fingerprint density at radius 1 is 1.03 bits per heavy atom. The molecule has 6 nitrogen and oxygen atoms in total. The third-order valence-corrected chi connectivity index (χ3v) is 6.06. The third-order valence-electron chi connectivity index (χ3n) is 5.16. The van der Waals surface area contributed by atoms with Crippen LogP contribution >= 0.6 is 11.8 Å². The summed E-state index contributed by atoms with van der Waals surface area (Å²) in [6.45, 7) is 3.74. The van der Waals surface area contributed by atoms with Gasteiger partial charge in [-0.15, -0.1) is 0 Å². The Balaban J connectivity index is 1.40. The molecule has 178 valence electrons. The molecule has 35 heavy (non-hydrogen) atoms. The maximum absolute atomic E-state index is 13.1. The molecule has 0 radical (unpaired) electrons. The van der Waals surface area contributed by atoms with Crippen molar-refractivity contribution in [3.05, 3.63) is 99.7 Å². The normalized spacial score (nSPS) is 14.5. The Labute approximate surface area is 206 Å². The second-order valence-electron chi connectivity index (χ2n) is 8.18. The zero-order valence-electron chi connectivity index (χ0n) is 19.2. The lowest BCUT2D eigenvalue weighted by molar-refractivity contribution is -0.127. The largest absolute Gasteiger partial charge is 0.489 e. The SMILES string of the molecule is Cc1cc(C)cc(NC(=O)CN2C(=O)S/C(=C/c3cccc(OCc4ccc(F)cc4)c3)C2=O)c1. The van der Waals surface area contributed by atoms with E-state index in [1.807, 2.05) is 32.0 Å². The van der Waals surface area contributed by atoms with Gasteiger partial charge in [0.05, 0.1) is 4.91 Å². The fourth-order valence-corrected chi connectivity index (χ4v) is 4.46. The monoisotopic (exact) mass is 490 g/mol. The Morgan fingerprint density at radius 3 is 2.46 bits per heavy atom. The lowest BCUT2D eigenvalue weighted by Gasteiger charge is -2.13. The van der Waals surface area contributed by atoms with Gasteiger partial charge in [0.25, 0.3) is 11.1 Å². The van der Waals surface area contributed by atoms with Gasteiger partial charge in [-0.2, -0.15) is 0 Å². The maximum atomic E-state index is 13.1. The highest BCUT2D eigenvalue weighted by Gasteiger charge is 2.36. The van der Waals surface area contributed by atoms with Crippen molar-refractivity contribution >= 4 is 40.6 Å². The van der Waals surface area contributed by atoms with Crippen LogP contribution in [0.4, 0.5) is 14.9 Å². The number of hydrogen-bond donors (Lipinski definition) is 1. The Kier molecular flexibility index (Phi) is 7.31. The van der Waals surface area contributed by atoms with Gasteiger partial charge in [0, 0.05) is 5.69 Å². The number of nitrogens with one attached hydrogen (secondary N) is 1. The molecule has 3 aromatic carbocycles. The summed E-state index contributed by atoms with van der Waals surface area (Å²) in [6, 6.07) is 18.7. The summed E-state index contributed by atoms with van der Waals surface area (Å²) < 4.78 is 18.8. The first-order valence-electron chi connectivity index (χ1n) is 10.9. The molecule has 4 rings (SSSR count). The van der Waals surface area contributed by atoms with E-state index in [0.29, 0.717) is 17.0 Å². The number of rotatable bonds is 7. The molecule has 0 unspecified atom stereocenters. The van der Waals surface area contributed by atoms with E-state index in [9.17, 15) is 18.8 Å². The molecule has 1 N–H and O–H groups in total. The molecule has 0 spiro atoms. The molecule has 8 heteroatoms. The number of nitrogens with zero attached hydrogens (tertiary/aromatic N) is 1. The van der Waals surface area contributed by atoms with E-state index in [-0.39, 0.29) is 23.9 Å². The van der Waals surface area contributed by atoms with Crippen LogP contribution in [0.2, 0.25) is 0 Å². The fourth-order valence-electron chi connectivity index (χ4n) is 3.62. The molecule has 1 fully saturated rings. The van der Waals surface area contributed by atoms with E-state index in [0.717, 1.165) is 33.4 Å². The third kappa shape index (κ3) is 6.36. The minimum Gasteiger partial charge on any atom is -0.489 e. The highest BCUT2D eigenvalue weighted by Crippen LogP contribution is 2.32. The van der Waals surface area contributed by atoms with E-state index in [1.54, 1.807) is 42.5 Å². The number of carbonyl (C=O) groups excluding carboxylic acids is 3. The van der Waals surface area contributed by atoms with Crippen molar-refractivity contribution < 1.29 is 23.5 Å². The summed E-state index contributed by atoms with van der Waals surface area (Å²) in [4.78, 5) is 38.9. The van der Waals surface area contributed by atoms with Crippen LogP contribution in [0.15, 0.2) is 71.6 Å². The van der Waals surface area contributed by atoms with Gasteiger partial charge in [0.1, 0.15) is 24.7 Å². The summed E-state index contributed by atoms with van der Waals surface area (Å²) in [5, 5.41) is 2.24. The molecule has 1 heterocycles. The molecule has 0 aromatic heterocycles. The van der Waals surface area contributed by atoms with Crippen LogP contribution in [0.3, 0.4) is 0 Å². The van der Waals surface area contributed by atoms with Crippen LogP contribution in [0.1, 0.15) is 22.3 Å². The highest BCUT2D eigenvalue weighted by atomic mass is 32.2. The van der Waals surface area contributed by atoms with E-state index >= 15 is 0 Å². The quantitative estimate of drug-likeness (QED) is 0.430. The standard InChI is InChI=1S/C27H23FN2O4S/c1-17-10-18(2)12-22(11-17)29-25(31)15-30-26(32)24(35-27(30)33)14-20-4-3-5-23(13-20)34-16-19-6-8-21(28)9-7-19/h3-14H,15-16H2,1-2H3,(H,29,31)/b24-14+. The minimum absolute atomic E-state index is 0.227. The average molecular weight is 491 g/mol. The molecule has 1 saturated heterocycles. The lowest BCUT2D eigenvalue weighted by Crippen LogP contribution is -2.36. The van der Waals surface area contributed by atoms with Gasteiger partial charge in [-0.25, -0.2) is 4.39 Å². The van der Waals surface area contributed by atoms with Crippen LogP contribution in [0.5, 0.6) is 5.75 Å². The fraction of sp³-hybridized carbons (Fsp3) is 0.148. The summed E-state index contributed by atoms with van der Waals surface area (Å²) >= 11 is 0.789. The summed E-state index contributed by atoms with van der Waals surface area (Å²) in [7, 11) is 0. The van der Waals surface area contributed by atoms with Gasteiger partial charge in [0.2, 0.25) is 5.91 Å². The van der Waals surface area contributed by atoms with Gasteiger partial charge in [0.15, 0.2) is 0 Å². The van der Waals surface area contributed by atoms with Gasteiger partial charge in [-0.05, 0) is 90.3 Å². The number of carbonyl (C=O) groups is 3. The Morgan fingerprint density at radius 2 is 1.74 bits per heavy atom. The molecule has 3 aromatic rings. The number of aryl methyl sites for hydroxylation is 2. The van der Waals surface area contributed by atoms with E-state index < -0.39 is 17.1 Å². The Hall–Kier alpha value is -3.91. The molecule has 0 saturated carbocycles. The van der Waals surface area contributed by atoms with Crippen LogP contribution in [0.25, 0.3) is 6.08 Å². The molecular formula is C27H23FN2O4S. The molecule has 0 bridgehead atoms. The number of imide groups is 1. The molecule has 0 aliphatic carbocycles. The first-order valence-corrected chi connectivity index (χ1v) is 11.7. The highest BCUT2D eigenvalue weighted by molar-refractivity contribution is 8.18. The van der Waals surface area contributed by atoms with Crippen molar-refractivity contribution in [2.24, 2.45) is 0 Å². The zero-order valence-corrected chi connectivity index (χ0v) is 20.0. The van der Waals surface area contributed by atoms with Crippen molar-refractivity contribution in [2.45, 2.75) is 20.5 Å². The number of hydrogen-bond acceptors (Lipinski definition) is 5. The number of amides is 3. The zero-order chi connectivity index (χ0) is 24.9. The van der Waals surface area contributed by atoms with Gasteiger partial charge in [-0.3, -0.25) is 19.3 Å². The first-order chi connectivity index (χ1) is 16.8. The molecular weight excluding hydrogens is 467 g/mol. The van der Waals surface area contributed by atoms with E-state index in [1.165, 1.54) is 12.1 Å². The van der Waals surface area contributed by atoms with E-state index in [2.05, 4.69) is 5.32 Å². The predicted molar refractivity (Wildman–Crippen MR) is 134 cm³/mol. The van der Waals surface area contributed by atoms with Crippen molar-refractivity contribution in [3.63, 3.8) is 0 Å². The first kappa shape index (κ1) is 24.2. The summed E-state index contributed by atoms with van der Waals surface area (Å²) in [5.74, 6) is -0.717. The molecule has 0 atom stereocenters. The van der Waals surface area contributed by atoms with Gasteiger partial charge in [-0.1, -0.05) is 30.3 Å². The van der Waals surface area contributed by atoms with E-state index in [4.69, 9.17) is 4.74 Å². The topological polar surface area (TPSA) is 75.7 Å². The number of ether oxygens (including phenoxy) is 1. The lowest BCUT2D eigenvalue weighted by atomic mass is 10.1. The summed E-state index contributed by atoms with van der Waals surface area (Å²) in [6.07, 6.45) is 1.59. The second-order valence-corrected chi connectivity index (χ2v) is 9.17. The minimum atomic E-state index is -0.520. The molecule has 3 amide bonds. The van der Waals surface area contributed by atoms with Crippen molar-refractivity contribution in [3.8, 4) is 5.75 Å². The van der Waals surface area contributed by atoms with Crippen LogP contribution in [0, 0.1) is 19.7 Å². The van der Waals surface area contributed by atoms with Crippen LogP contribution in [-0.2, 0) is 16.2 Å².